The fraction of sp³-hybridized carbons (Fsp3) is 0.143. The number of allylic oxidation sites excluding steroid dienone is 1. The smallest absolute Gasteiger partial charge is 0.215 e. The molecule has 0 aliphatic rings. The number of benzene rings is 1. The van der Waals surface area contributed by atoms with Gasteiger partial charge in [0.25, 0.3) is 0 Å². The van der Waals surface area contributed by atoms with Gasteiger partial charge in [0.05, 0.1) is 35.5 Å². The Labute approximate surface area is 212 Å². The Kier molecular flexibility index (Phi) is 6.12. The average molecular weight is 491 g/mol. The van der Waals surface area contributed by atoms with Gasteiger partial charge in [0.2, 0.25) is 5.88 Å². The van der Waals surface area contributed by atoms with Gasteiger partial charge in [0.15, 0.2) is 0 Å². The number of nitrogens with zero attached hydrogens (tertiary/aromatic N) is 5. The second kappa shape index (κ2) is 9.53. The number of H-pyrrole nitrogens is 1. The van der Waals surface area contributed by atoms with Crippen LogP contribution in [0.2, 0.25) is 0 Å². The summed E-state index contributed by atoms with van der Waals surface area (Å²) < 4.78 is 7.26. The van der Waals surface area contributed by atoms with Crippen LogP contribution in [0.3, 0.4) is 0 Å². The number of hydrogen-bond donors (Lipinski definition) is 1. The molecule has 0 bridgehead atoms. The molecule has 4 heterocycles. The predicted octanol–water partition coefficient (Wildman–Crippen LogP) is 5.96. The Morgan fingerprint density at radius 2 is 1.97 bits per heavy atom. The van der Waals surface area contributed by atoms with Crippen LogP contribution in [0.15, 0.2) is 54.7 Å². The first-order valence-corrected chi connectivity index (χ1v) is 12.1. The summed E-state index contributed by atoms with van der Waals surface area (Å²) in [5, 5.41) is 20.6. The number of nitrogens with one attached hydrogen (secondary N) is 1. The van der Waals surface area contributed by atoms with Crippen molar-refractivity contribution in [3.8, 4) is 23.0 Å². The van der Waals surface area contributed by atoms with Crippen LogP contribution in [-0.4, -0.2) is 26.6 Å². The van der Waals surface area contributed by atoms with Gasteiger partial charge in [-0.25, -0.2) is 9.97 Å². The van der Waals surface area contributed by atoms with Gasteiger partial charge in [-0.2, -0.15) is 10.5 Å². The van der Waals surface area contributed by atoms with Crippen molar-refractivity contribution < 1.29 is 4.74 Å². The van der Waals surface area contributed by atoms with E-state index in [9.17, 15) is 10.5 Å². The number of hydrogen-bond acceptors (Lipinski definition) is 6. The molecular weight excluding hydrogens is 468 g/mol. The van der Waals surface area contributed by atoms with Crippen molar-refractivity contribution >= 4 is 34.0 Å². The molecule has 0 aliphatic heterocycles. The minimum Gasteiger partial charge on any atom is -0.481 e. The summed E-state index contributed by atoms with van der Waals surface area (Å²) in [6.45, 7) is 4.01. The molecule has 0 amide bonds. The summed E-state index contributed by atoms with van der Waals surface area (Å²) in [6.07, 6.45) is 4.24. The molecule has 1 N–H and O–H groups in total. The largest absolute Gasteiger partial charge is 0.481 e. The Hall–Kier alpha value is -4.66. The Bertz CT molecular complexity index is 1690. The molecule has 8 heteroatoms. The number of nitriles is 2. The van der Waals surface area contributed by atoms with Gasteiger partial charge in [-0.15, -0.1) is 11.3 Å². The number of aromatic nitrogens is 4. The lowest BCUT2D eigenvalue weighted by atomic mass is 10.1. The van der Waals surface area contributed by atoms with Crippen molar-refractivity contribution in [2.45, 2.75) is 20.3 Å². The van der Waals surface area contributed by atoms with E-state index < -0.39 is 0 Å². The van der Waals surface area contributed by atoms with E-state index in [1.807, 2.05) is 50.3 Å². The molecular formula is C28H22N6OS. The normalized spacial score (nSPS) is 11.4. The number of rotatable bonds is 6. The molecule has 0 spiro atoms. The molecule has 0 radical (unpaired) electrons. The lowest BCUT2D eigenvalue weighted by Gasteiger charge is -2.07. The van der Waals surface area contributed by atoms with Gasteiger partial charge >= 0.3 is 0 Å². The zero-order valence-electron chi connectivity index (χ0n) is 20.0. The molecule has 4 aromatic heterocycles. The van der Waals surface area contributed by atoms with Gasteiger partial charge in [0, 0.05) is 28.8 Å². The first-order chi connectivity index (χ1) is 17.5. The van der Waals surface area contributed by atoms with Gasteiger partial charge in [-0.1, -0.05) is 30.3 Å². The van der Waals surface area contributed by atoms with Gasteiger partial charge in [0.1, 0.15) is 23.0 Å². The molecule has 36 heavy (non-hydrogen) atoms. The minimum absolute atomic E-state index is 0.405. The summed E-state index contributed by atoms with van der Waals surface area (Å²) in [5.41, 5.74) is 6.47. The fourth-order valence-electron chi connectivity index (χ4n) is 4.25. The van der Waals surface area contributed by atoms with Crippen LogP contribution in [-0.2, 0) is 6.42 Å². The minimum atomic E-state index is 0.405. The first kappa shape index (κ1) is 23.1. The summed E-state index contributed by atoms with van der Waals surface area (Å²) in [7, 11) is 1.55. The lowest BCUT2D eigenvalue weighted by molar-refractivity contribution is 0.398. The number of imidazole rings is 1. The molecule has 0 atom stereocenters. The molecule has 0 fully saturated rings. The van der Waals surface area contributed by atoms with Crippen LogP contribution in [0, 0.1) is 36.5 Å². The van der Waals surface area contributed by atoms with Crippen molar-refractivity contribution in [1.82, 2.24) is 19.5 Å². The highest BCUT2D eigenvalue weighted by molar-refractivity contribution is 7.14. The van der Waals surface area contributed by atoms with Crippen molar-refractivity contribution in [2.24, 2.45) is 0 Å². The molecule has 176 valence electrons. The van der Waals surface area contributed by atoms with Crippen LogP contribution >= 0.6 is 11.3 Å². The lowest BCUT2D eigenvalue weighted by Crippen LogP contribution is -1.98. The number of methoxy groups -OCH3 is 1. The predicted molar refractivity (Wildman–Crippen MR) is 141 cm³/mol. The maximum atomic E-state index is 9.91. The van der Waals surface area contributed by atoms with E-state index in [1.54, 1.807) is 30.7 Å². The molecule has 5 rings (SSSR count). The third-order valence-electron chi connectivity index (χ3n) is 6.01. The van der Waals surface area contributed by atoms with Crippen molar-refractivity contribution in [3.63, 3.8) is 0 Å². The van der Waals surface area contributed by atoms with Crippen LogP contribution in [0.25, 0.3) is 27.7 Å². The quantitative estimate of drug-likeness (QED) is 0.296. The summed E-state index contributed by atoms with van der Waals surface area (Å²) >= 11 is 1.62. The van der Waals surface area contributed by atoms with E-state index in [4.69, 9.17) is 4.74 Å². The number of thiophene rings is 1. The molecule has 5 aromatic rings. The standard InChI is InChI=1S/C28H22N6OS/c1-17-9-20(11-21(14-29)27-32-24-13-26(35-3)31-16-25(24)33-27)18(2)34(17)28-22(15-30)12-23(36-28)10-19-7-5-4-6-8-19/h4-9,11-13,16H,10H2,1-3H3,(H,32,33). The Morgan fingerprint density at radius 3 is 2.69 bits per heavy atom. The molecule has 0 saturated carbocycles. The van der Waals surface area contributed by atoms with E-state index in [2.05, 4.69) is 43.8 Å². The highest BCUT2D eigenvalue weighted by atomic mass is 32.1. The van der Waals surface area contributed by atoms with Gasteiger partial charge in [-0.3, -0.25) is 0 Å². The molecule has 7 nitrogen and oxygen atoms in total. The summed E-state index contributed by atoms with van der Waals surface area (Å²) in [4.78, 5) is 13.0. The van der Waals surface area contributed by atoms with E-state index in [1.165, 1.54) is 5.56 Å². The van der Waals surface area contributed by atoms with Crippen molar-refractivity contribution in [3.05, 3.63) is 93.5 Å². The number of pyridine rings is 1. The SMILES string of the molecule is COc1cc2nc(C(C#N)=Cc3cc(C)n(-c4sc(Cc5ccccc5)cc4C#N)c3C)[nH]c2cn1. The second-order valence-corrected chi connectivity index (χ2v) is 9.48. The molecule has 0 saturated heterocycles. The number of ether oxygens (including phenoxy) is 1. The fourth-order valence-corrected chi connectivity index (χ4v) is 5.50. The van der Waals surface area contributed by atoms with Crippen LogP contribution in [0.1, 0.15) is 38.8 Å². The molecule has 1 aromatic carbocycles. The average Bonchev–Trinajstić information content (AvgIpc) is 3.57. The monoisotopic (exact) mass is 490 g/mol. The number of fused-ring (bicyclic) bond motifs is 1. The summed E-state index contributed by atoms with van der Waals surface area (Å²) in [5.74, 6) is 0.925. The highest BCUT2D eigenvalue weighted by Gasteiger charge is 2.18. The van der Waals surface area contributed by atoms with Gasteiger partial charge < -0.3 is 14.3 Å². The molecule has 0 aliphatic carbocycles. The third kappa shape index (κ3) is 4.26. The maximum absolute atomic E-state index is 9.91. The molecule has 0 unspecified atom stereocenters. The van der Waals surface area contributed by atoms with Crippen LogP contribution < -0.4 is 4.74 Å². The van der Waals surface area contributed by atoms with Crippen LogP contribution in [0.4, 0.5) is 0 Å². The number of aryl methyl sites for hydroxylation is 1. The first-order valence-electron chi connectivity index (χ1n) is 11.3. The second-order valence-electron chi connectivity index (χ2n) is 8.37. The number of aromatic amines is 1. The van der Waals surface area contributed by atoms with E-state index in [0.29, 0.717) is 28.4 Å². The Balaban J connectivity index is 1.53. The van der Waals surface area contributed by atoms with Gasteiger partial charge in [-0.05, 0) is 43.2 Å². The maximum Gasteiger partial charge on any atom is 0.215 e. The van der Waals surface area contributed by atoms with E-state index >= 15 is 0 Å². The zero-order chi connectivity index (χ0) is 25.2. The third-order valence-corrected chi connectivity index (χ3v) is 7.13. The van der Waals surface area contributed by atoms with E-state index in [0.717, 1.165) is 38.8 Å². The van der Waals surface area contributed by atoms with Crippen molar-refractivity contribution in [2.75, 3.05) is 7.11 Å². The Morgan fingerprint density at radius 1 is 1.17 bits per heavy atom. The van der Waals surface area contributed by atoms with Crippen molar-refractivity contribution in [1.29, 1.82) is 10.5 Å². The van der Waals surface area contributed by atoms with E-state index in [-0.39, 0.29) is 0 Å². The topological polar surface area (TPSA) is 103 Å². The summed E-state index contributed by atoms with van der Waals surface area (Å²) in [6, 6.07) is 20.6. The zero-order valence-corrected chi connectivity index (χ0v) is 20.8. The highest BCUT2D eigenvalue weighted by Crippen LogP contribution is 2.33. The van der Waals surface area contributed by atoms with Crippen LogP contribution in [0.5, 0.6) is 5.88 Å².